The van der Waals surface area contributed by atoms with Crippen molar-refractivity contribution in [3.05, 3.63) is 0 Å². The zero-order valence-corrected chi connectivity index (χ0v) is 12.4. The van der Waals surface area contributed by atoms with Crippen LogP contribution in [0.5, 0.6) is 0 Å². The second kappa shape index (κ2) is 6.52. The average Bonchev–Trinajstić information content (AvgIpc) is 2.62. The fourth-order valence-corrected chi connectivity index (χ4v) is 1.32. The Kier molecular flexibility index (Phi) is 6.51. The molecule has 0 amide bonds. The highest BCUT2D eigenvalue weighted by molar-refractivity contribution is 14.0. The van der Waals surface area contributed by atoms with Crippen LogP contribution in [-0.2, 0) is 4.74 Å². The SMILES string of the molecule is CCN1CCN=C1NCC(C)(C)OC.I. The van der Waals surface area contributed by atoms with E-state index in [-0.39, 0.29) is 29.6 Å². The smallest absolute Gasteiger partial charge is 0.194 e. The van der Waals surface area contributed by atoms with Gasteiger partial charge in [0.25, 0.3) is 0 Å². The molecule has 0 saturated heterocycles. The number of hydrogen-bond donors (Lipinski definition) is 1. The van der Waals surface area contributed by atoms with Crippen LogP contribution in [0.3, 0.4) is 0 Å². The average molecular weight is 327 g/mol. The topological polar surface area (TPSA) is 36.9 Å². The van der Waals surface area contributed by atoms with Crippen LogP contribution in [0, 0.1) is 0 Å². The lowest BCUT2D eigenvalue weighted by molar-refractivity contribution is 0.0265. The third-order valence-electron chi connectivity index (χ3n) is 2.54. The van der Waals surface area contributed by atoms with E-state index in [1.807, 2.05) is 0 Å². The van der Waals surface area contributed by atoms with Crippen LogP contribution in [-0.4, -0.2) is 49.7 Å². The number of ether oxygens (including phenoxy) is 1. The molecule has 0 bridgehead atoms. The van der Waals surface area contributed by atoms with Gasteiger partial charge in [0.05, 0.1) is 12.1 Å². The van der Waals surface area contributed by atoms with E-state index in [2.05, 4.69) is 36.0 Å². The highest BCUT2D eigenvalue weighted by Gasteiger charge is 2.20. The summed E-state index contributed by atoms with van der Waals surface area (Å²) in [5, 5.41) is 3.32. The number of halogens is 1. The molecule has 0 spiro atoms. The summed E-state index contributed by atoms with van der Waals surface area (Å²) in [6.45, 7) is 10.0. The molecule has 1 N–H and O–H groups in total. The Morgan fingerprint density at radius 2 is 2.20 bits per heavy atom. The van der Waals surface area contributed by atoms with Crippen molar-refractivity contribution in [2.45, 2.75) is 26.4 Å². The Morgan fingerprint density at radius 1 is 1.53 bits per heavy atom. The van der Waals surface area contributed by atoms with Crippen LogP contribution in [0.15, 0.2) is 4.99 Å². The van der Waals surface area contributed by atoms with Crippen molar-refractivity contribution in [3.63, 3.8) is 0 Å². The number of nitrogens with one attached hydrogen (secondary N) is 1. The number of rotatable bonds is 4. The zero-order chi connectivity index (χ0) is 10.6. The van der Waals surface area contributed by atoms with E-state index in [9.17, 15) is 0 Å². The Hall–Kier alpha value is -0.0400. The fraction of sp³-hybridized carbons (Fsp3) is 0.900. The first-order valence-corrected chi connectivity index (χ1v) is 5.17. The molecule has 1 aliphatic heterocycles. The van der Waals surface area contributed by atoms with E-state index in [1.54, 1.807) is 7.11 Å². The van der Waals surface area contributed by atoms with Crippen molar-refractivity contribution in [1.29, 1.82) is 0 Å². The fourth-order valence-electron chi connectivity index (χ4n) is 1.32. The van der Waals surface area contributed by atoms with Crippen molar-refractivity contribution in [2.24, 2.45) is 4.99 Å². The predicted octanol–water partition coefficient (Wildman–Crippen LogP) is 1.31. The van der Waals surface area contributed by atoms with Crippen LogP contribution in [0.2, 0.25) is 0 Å². The number of likely N-dealkylation sites (N-methyl/N-ethyl adjacent to an activating group) is 1. The van der Waals surface area contributed by atoms with Gasteiger partial charge < -0.3 is 15.0 Å². The standard InChI is InChI=1S/C10H21N3O.HI/c1-5-13-7-6-11-9(13)12-8-10(2,3)14-4;/h5-8H2,1-4H3,(H,11,12);1H. The van der Waals surface area contributed by atoms with Gasteiger partial charge in [0, 0.05) is 26.7 Å². The summed E-state index contributed by atoms with van der Waals surface area (Å²) in [4.78, 5) is 6.64. The minimum atomic E-state index is -0.134. The summed E-state index contributed by atoms with van der Waals surface area (Å²) < 4.78 is 5.33. The van der Waals surface area contributed by atoms with Crippen molar-refractivity contribution in [3.8, 4) is 0 Å². The zero-order valence-electron chi connectivity index (χ0n) is 10.0. The van der Waals surface area contributed by atoms with E-state index in [1.165, 1.54) is 0 Å². The van der Waals surface area contributed by atoms with Gasteiger partial charge in [-0.3, -0.25) is 4.99 Å². The summed E-state index contributed by atoms with van der Waals surface area (Å²) in [7, 11) is 1.73. The maximum Gasteiger partial charge on any atom is 0.194 e. The highest BCUT2D eigenvalue weighted by Crippen LogP contribution is 2.06. The molecular formula is C10H22IN3O. The molecule has 1 rings (SSSR count). The summed E-state index contributed by atoms with van der Waals surface area (Å²) in [6, 6.07) is 0. The highest BCUT2D eigenvalue weighted by atomic mass is 127. The molecule has 0 fully saturated rings. The normalized spacial score (nSPS) is 16.0. The first-order valence-electron chi connectivity index (χ1n) is 5.17. The molecule has 0 aromatic rings. The van der Waals surface area contributed by atoms with Crippen molar-refractivity contribution in [2.75, 3.05) is 33.3 Å². The van der Waals surface area contributed by atoms with Crippen molar-refractivity contribution < 1.29 is 4.74 Å². The monoisotopic (exact) mass is 327 g/mol. The van der Waals surface area contributed by atoms with Gasteiger partial charge in [-0.1, -0.05) is 0 Å². The lowest BCUT2D eigenvalue weighted by Gasteiger charge is -2.26. The Bertz CT molecular complexity index is 219. The number of hydrogen-bond acceptors (Lipinski definition) is 4. The molecule has 1 aliphatic rings. The molecule has 0 aromatic carbocycles. The molecule has 0 aromatic heterocycles. The van der Waals surface area contributed by atoms with Gasteiger partial charge in [0.2, 0.25) is 0 Å². The molecule has 0 aliphatic carbocycles. The van der Waals surface area contributed by atoms with Gasteiger partial charge in [-0.25, -0.2) is 0 Å². The summed E-state index contributed by atoms with van der Waals surface area (Å²) >= 11 is 0. The second-order valence-corrected chi connectivity index (χ2v) is 4.10. The molecule has 4 nitrogen and oxygen atoms in total. The molecule has 0 unspecified atom stereocenters. The van der Waals surface area contributed by atoms with Crippen LogP contribution < -0.4 is 5.32 Å². The van der Waals surface area contributed by atoms with Crippen LogP contribution in [0.1, 0.15) is 20.8 Å². The van der Waals surface area contributed by atoms with E-state index in [4.69, 9.17) is 4.74 Å². The number of aliphatic imine (C=N–C) groups is 1. The van der Waals surface area contributed by atoms with Gasteiger partial charge in [-0.2, -0.15) is 0 Å². The van der Waals surface area contributed by atoms with E-state index < -0.39 is 0 Å². The molecule has 90 valence electrons. The first-order chi connectivity index (χ1) is 6.59. The number of nitrogens with zero attached hydrogens (tertiary/aromatic N) is 2. The Balaban J connectivity index is 0.00000196. The minimum Gasteiger partial charge on any atom is -0.377 e. The van der Waals surface area contributed by atoms with Gasteiger partial charge in [-0.15, -0.1) is 24.0 Å². The Labute approximate surface area is 109 Å². The molecule has 0 saturated carbocycles. The molecular weight excluding hydrogens is 305 g/mol. The molecule has 0 radical (unpaired) electrons. The first kappa shape index (κ1) is 15.0. The quantitative estimate of drug-likeness (QED) is 0.791. The summed E-state index contributed by atoms with van der Waals surface area (Å²) in [5.74, 6) is 1.01. The van der Waals surface area contributed by atoms with E-state index in [0.717, 1.165) is 32.1 Å². The maximum atomic E-state index is 5.33. The number of methoxy groups -OCH3 is 1. The predicted molar refractivity (Wildman–Crippen MR) is 74.1 cm³/mol. The lowest BCUT2D eigenvalue weighted by Crippen LogP contribution is -2.45. The molecule has 5 heteroatoms. The Morgan fingerprint density at radius 3 is 2.73 bits per heavy atom. The minimum absolute atomic E-state index is 0. The van der Waals surface area contributed by atoms with E-state index in [0.29, 0.717) is 0 Å². The molecule has 1 heterocycles. The third kappa shape index (κ3) is 4.55. The third-order valence-corrected chi connectivity index (χ3v) is 2.54. The summed E-state index contributed by atoms with van der Waals surface area (Å²) in [5.41, 5.74) is -0.134. The van der Waals surface area contributed by atoms with Gasteiger partial charge >= 0.3 is 0 Å². The largest absolute Gasteiger partial charge is 0.377 e. The van der Waals surface area contributed by atoms with Crippen LogP contribution >= 0.6 is 24.0 Å². The number of guanidine groups is 1. The van der Waals surface area contributed by atoms with Gasteiger partial charge in [0.1, 0.15) is 0 Å². The van der Waals surface area contributed by atoms with E-state index >= 15 is 0 Å². The maximum absolute atomic E-state index is 5.33. The second-order valence-electron chi connectivity index (χ2n) is 4.10. The van der Waals surface area contributed by atoms with Crippen molar-refractivity contribution >= 4 is 29.9 Å². The molecule has 15 heavy (non-hydrogen) atoms. The van der Waals surface area contributed by atoms with Gasteiger partial charge in [0.15, 0.2) is 5.96 Å². The van der Waals surface area contributed by atoms with Crippen LogP contribution in [0.4, 0.5) is 0 Å². The van der Waals surface area contributed by atoms with Gasteiger partial charge in [-0.05, 0) is 20.8 Å². The van der Waals surface area contributed by atoms with Crippen molar-refractivity contribution in [1.82, 2.24) is 10.2 Å². The van der Waals surface area contributed by atoms with Crippen LogP contribution in [0.25, 0.3) is 0 Å². The lowest BCUT2D eigenvalue weighted by atomic mass is 10.1. The summed E-state index contributed by atoms with van der Waals surface area (Å²) in [6.07, 6.45) is 0. The molecule has 0 atom stereocenters.